The SMILES string of the molecule is CC1(C)O[C@@H]2C[C@H]3[C@@H]4C[C@H](Cl)C5=C(Cl)OC=C[C@]5(C)[C@@]4(Cl)[C@@](O)(Cl)C[C@]3(C)[C@]2(C(=O)O)O1. The summed E-state index contributed by atoms with van der Waals surface area (Å²) in [5, 5.41) is 19.8. The minimum absolute atomic E-state index is 0.114. The maximum atomic E-state index is 12.8. The van der Waals surface area contributed by atoms with E-state index in [0.717, 1.165) is 0 Å². The van der Waals surface area contributed by atoms with Gasteiger partial charge in [-0.25, -0.2) is 4.79 Å². The van der Waals surface area contributed by atoms with Gasteiger partial charge in [-0.05, 0) is 56.2 Å². The highest BCUT2D eigenvalue weighted by molar-refractivity contribution is 6.36. The molecule has 0 radical (unpaired) electrons. The van der Waals surface area contributed by atoms with Crippen molar-refractivity contribution < 1.29 is 29.2 Å². The Morgan fingerprint density at radius 3 is 2.44 bits per heavy atom. The molecule has 32 heavy (non-hydrogen) atoms. The summed E-state index contributed by atoms with van der Waals surface area (Å²) in [6, 6.07) is 0. The Kier molecular flexibility index (Phi) is 4.79. The summed E-state index contributed by atoms with van der Waals surface area (Å²) in [5.41, 5.74) is -3.20. The number of alkyl halides is 3. The van der Waals surface area contributed by atoms with E-state index in [4.69, 9.17) is 60.6 Å². The zero-order chi connectivity index (χ0) is 23.7. The zero-order valence-electron chi connectivity index (χ0n) is 18.1. The molecule has 0 unspecified atom stereocenters. The molecule has 1 saturated heterocycles. The smallest absolute Gasteiger partial charge is 0.339 e. The average molecular weight is 528 g/mol. The summed E-state index contributed by atoms with van der Waals surface area (Å²) in [6.45, 7) is 7.04. The van der Waals surface area contributed by atoms with Crippen LogP contribution in [0, 0.1) is 22.7 Å². The van der Waals surface area contributed by atoms with Gasteiger partial charge in [-0.2, -0.15) is 0 Å². The number of allylic oxidation sites excluding steroid dienone is 2. The number of carbonyl (C=O) groups is 1. The molecule has 0 spiro atoms. The molecule has 10 heteroatoms. The number of rotatable bonds is 1. The van der Waals surface area contributed by atoms with Crippen LogP contribution in [-0.2, 0) is 19.0 Å². The summed E-state index contributed by atoms with van der Waals surface area (Å²) in [7, 11) is 0. The van der Waals surface area contributed by atoms with Crippen LogP contribution in [0.3, 0.4) is 0 Å². The fraction of sp³-hybridized carbons (Fsp3) is 0.773. The predicted molar refractivity (Wildman–Crippen MR) is 120 cm³/mol. The molecule has 5 rings (SSSR count). The van der Waals surface area contributed by atoms with Crippen LogP contribution in [0.1, 0.15) is 47.0 Å². The maximum Gasteiger partial charge on any atom is 0.339 e. The van der Waals surface area contributed by atoms with Gasteiger partial charge in [0.15, 0.2) is 21.7 Å². The van der Waals surface area contributed by atoms with Crippen molar-refractivity contribution in [3.05, 3.63) is 23.1 Å². The van der Waals surface area contributed by atoms with Gasteiger partial charge >= 0.3 is 5.97 Å². The Morgan fingerprint density at radius 1 is 1.16 bits per heavy atom. The zero-order valence-corrected chi connectivity index (χ0v) is 21.1. The Labute approximate surface area is 206 Å². The maximum absolute atomic E-state index is 12.8. The van der Waals surface area contributed by atoms with Crippen molar-refractivity contribution in [2.45, 2.75) is 79.8 Å². The first kappa shape index (κ1) is 23.5. The second kappa shape index (κ2) is 6.51. The first-order valence-corrected chi connectivity index (χ1v) is 12.2. The largest absolute Gasteiger partial charge is 0.479 e. The number of hydrogen-bond donors (Lipinski definition) is 2. The quantitative estimate of drug-likeness (QED) is 0.470. The molecular weight excluding hydrogens is 502 g/mol. The highest BCUT2D eigenvalue weighted by atomic mass is 35.5. The predicted octanol–water partition coefficient (Wildman–Crippen LogP) is 4.92. The highest BCUT2D eigenvalue weighted by Crippen LogP contribution is 2.76. The van der Waals surface area contributed by atoms with E-state index >= 15 is 0 Å². The van der Waals surface area contributed by atoms with Gasteiger partial charge in [0.05, 0.1) is 11.6 Å². The number of hydrogen-bond acceptors (Lipinski definition) is 5. The minimum atomic E-state index is -2.01. The molecule has 4 fully saturated rings. The van der Waals surface area contributed by atoms with Gasteiger partial charge in [0.25, 0.3) is 0 Å². The van der Waals surface area contributed by atoms with E-state index in [-0.39, 0.29) is 17.6 Å². The monoisotopic (exact) mass is 526 g/mol. The van der Waals surface area contributed by atoms with Crippen molar-refractivity contribution in [2.75, 3.05) is 0 Å². The van der Waals surface area contributed by atoms with Crippen molar-refractivity contribution >= 4 is 52.4 Å². The van der Waals surface area contributed by atoms with Gasteiger partial charge < -0.3 is 24.4 Å². The lowest BCUT2D eigenvalue weighted by Gasteiger charge is -2.66. The summed E-state index contributed by atoms with van der Waals surface area (Å²) in [6.07, 6.45) is 3.06. The third-order valence-corrected chi connectivity index (χ3v) is 11.0. The van der Waals surface area contributed by atoms with Gasteiger partial charge in [0.2, 0.25) is 0 Å². The number of carboxylic acids is 1. The number of fused-ring (bicyclic) bond motifs is 7. The van der Waals surface area contributed by atoms with Gasteiger partial charge in [-0.3, -0.25) is 0 Å². The van der Waals surface area contributed by atoms with E-state index in [0.29, 0.717) is 18.4 Å². The molecule has 0 aromatic heterocycles. The Hall–Kier alpha value is -0.210. The topological polar surface area (TPSA) is 85.2 Å². The van der Waals surface area contributed by atoms with Crippen molar-refractivity contribution in [1.29, 1.82) is 0 Å². The molecule has 0 aromatic rings. The normalized spacial score (nSPS) is 55.5. The number of halogens is 4. The summed E-state index contributed by atoms with van der Waals surface area (Å²) in [4.78, 5) is 11.3. The fourth-order valence-corrected chi connectivity index (χ4v) is 9.68. The molecule has 0 bridgehead atoms. The standard InChI is InChI=1S/C22H26Cl4O6/c1-17(2)31-13-8-10-11-7-12(23)14-15(24)30-6-5-18(14,3)22(11,26)20(25,29)9-19(10,4)21(13,32-17)16(27)28/h5-6,10-13,29H,7-9H2,1-4H3,(H,27,28)/t10-,11-,12-,13+,18-,19-,20+,21-,22+/m0/s1. The summed E-state index contributed by atoms with van der Waals surface area (Å²) < 4.78 is 17.6. The van der Waals surface area contributed by atoms with Crippen LogP contribution in [-0.4, -0.2) is 49.0 Å². The van der Waals surface area contributed by atoms with E-state index in [9.17, 15) is 15.0 Å². The number of carboxylic acid groups (broad SMARTS) is 1. The van der Waals surface area contributed by atoms with E-state index in [1.807, 2.05) is 13.8 Å². The Bertz CT molecular complexity index is 964. The molecule has 178 valence electrons. The van der Waals surface area contributed by atoms with E-state index in [1.165, 1.54) is 6.26 Å². The van der Waals surface area contributed by atoms with Gasteiger partial charge in [0, 0.05) is 22.8 Å². The van der Waals surface area contributed by atoms with Crippen LogP contribution in [0.15, 0.2) is 23.1 Å². The van der Waals surface area contributed by atoms with Crippen LogP contribution in [0.4, 0.5) is 0 Å². The summed E-state index contributed by atoms with van der Waals surface area (Å²) >= 11 is 27.6. The van der Waals surface area contributed by atoms with Crippen LogP contribution in [0.25, 0.3) is 0 Å². The van der Waals surface area contributed by atoms with E-state index in [1.54, 1.807) is 19.9 Å². The van der Waals surface area contributed by atoms with E-state index < -0.39 is 55.5 Å². The molecular formula is C22H26Cl4O6. The van der Waals surface area contributed by atoms with Crippen molar-refractivity contribution in [2.24, 2.45) is 22.7 Å². The second-order valence-electron chi connectivity index (χ2n) is 10.7. The number of aliphatic carboxylic acids is 1. The van der Waals surface area contributed by atoms with Gasteiger partial charge in [-0.1, -0.05) is 25.4 Å². The molecule has 3 aliphatic carbocycles. The molecule has 2 aliphatic heterocycles. The molecule has 2 heterocycles. The second-order valence-corrected chi connectivity index (χ2v) is 12.8. The van der Waals surface area contributed by atoms with Gasteiger partial charge in [-0.15, -0.1) is 23.2 Å². The third kappa shape index (κ3) is 2.43. The first-order valence-electron chi connectivity index (χ1n) is 10.7. The average Bonchev–Trinajstić information content (AvgIpc) is 3.04. The number of aliphatic hydroxyl groups is 1. The number of ether oxygens (including phenoxy) is 3. The van der Waals surface area contributed by atoms with Gasteiger partial charge in [0.1, 0.15) is 11.0 Å². The van der Waals surface area contributed by atoms with E-state index in [2.05, 4.69) is 0 Å². The highest BCUT2D eigenvalue weighted by Gasteiger charge is 2.83. The first-order chi connectivity index (χ1) is 14.6. The lowest BCUT2D eigenvalue weighted by molar-refractivity contribution is -0.234. The third-order valence-electron chi connectivity index (χ3n) is 8.77. The van der Waals surface area contributed by atoms with Crippen LogP contribution >= 0.6 is 46.4 Å². The Balaban J connectivity index is 1.71. The molecule has 0 amide bonds. The lowest BCUT2D eigenvalue weighted by atomic mass is 9.46. The van der Waals surface area contributed by atoms with Crippen molar-refractivity contribution in [3.8, 4) is 0 Å². The fourth-order valence-electron chi connectivity index (χ4n) is 7.64. The van der Waals surface area contributed by atoms with Crippen LogP contribution in [0.5, 0.6) is 0 Å². The minimum Gasteiger partial charge on any atom is -0.479 e. The van der Waals surface area contributed by atoms with Crippen molar-refractivity contribution in [3.63, 3.8) is 0 Å². The molecule has 2 N–H and O–H groups in total. The molecule has 3 saturated carbocycles. The van der Waals surface area contributed by atoms with Crippen molar-refractivity contribution in [1.82, 2.24) is 0 Å². The molecule has 0 aromatic carbocycles. The summed E-state index contributed by atoms with van der Waals surface area (Å²) in [5.74, 6) is -2.96. The Morgan fingerprint density at radius 2 is 1.81 bits per heavy atom. The molecule has 9 atom stereocenters. The van der Waals surface area contributed by atoms with Crippen LogP contribution < -0.4 is 0 Å². The molecule has 6 nitrogen and oxygen atoms in total. The van der Waals surface area contributed by atoms with Crippen LogP contribution in [0.2, 0.25) is 0 Å². The lowest BCUT2D eigenvalue weighted by Crippen LogP contribution is -2.73. The molecule has 5 aliphatic rings.